The fraction of sp³-hybridized carbons (Fsp3) is 0.647. The normalized spacial score (nSPS) is 29.2. The van der Waals surface area contributed by atoms with Gasteiger partial charge < -0.3 is 15.3 Å². The lowest BCUT2D eigenvalue weighted by atomic mass is 9.79. The van der Waals surface area contributed by atoms with Gasteiger partial charge in [0.1, 0.15) is 0 Å². The molecule has 2 aliphatic rings. The maximum absolute atomic E-state index is 10.5. The quantitative estimate of drug-likeness (QED) is 0.732. The first-order chi connectivity index (χ1) is 9.95. The molecular weight excluding hydrogens is 266 g/mol. The first-order valence-electron chi connectivity index (χ1n) is 7.92. The third-order valence-corrected chi connectivity index (χ3v) is 4.96. The molecule has 1 unspecified atom stereocenters. The van der Waals surface area contributed by atoms with Gasteiger partial charge in [0.25, 0.3) is 0 Å². The van der Waals surface area contributed by atoms with Crippen molar-refractivity contribution in [2.75, 3.05) is 13.1 Å². The molecule has 0 bridgehead atoms. The van der Waals surface area contributed by atoms with Gasteiger partial charge in [-0.2, -0.15) is 0 Å². The second-order valence-electron chi connectivity index (χ2n) is 6.99. The van der Waals surface area contributed by atoms with Crippen molar-refractivity contribution in [1.82, 2.24) is 4.90 Å². The average Bonchev–Trinajstić information content (AvgIpc) is 2.41. The Morgan fingerprint density at radius 1 is 1.24 bits per heavy atom. The van der Waals surface area contributed by atoms with E-state index in [1.54, 1.807) is 12.1 Å². The Morgan fingerprint density at radius 3 is 2.67 bits per heavy atom. The summed E-state index contributed by atoms with van der Waals surface area (Å²) in [7, 11) is 0. The number of hydrogen-bond acceptors (Lipinski definition) is 4. The van der Waals surface area contributed by atoms with E-state index < -0.39 is 0 Å². The topological polar surface area (TPSA) is 63.9 Å². The minimum Gasteiger partial charge on any atom is -0.504 e. The van der Waals surface area contributed by atoms with Crippen molar-refractivity contribution in [3.05, 3.63) is 23.3 Å². The van der Waals surface area contributed by atoms with Crippen molar-refractivity contribution < 1.29 is 15.3 Å². The molecule has 4 nitrogen and oxygen atoms in total. The number of aliphatic hydroxyl groups is 1. The van der Waals surface area contributed by atoms with Crippen LogP contribution in [-0.2, 0) is 6.42 Å². The average molecular weight is 291 g/mol. The highest BCUT2D eigenvalue weighted by Crippen LogP contribution is 2.42. The molecule has 4 heteroatoms. The van der Waals surface area contributed by atoms with Crippen molar-refractivity contribution in [2.45, 2.75) is 45.3 Å². The number of aromatic hydroxyl groups is 2. The summed E-state index contributed by atoms with van der Waals surface area (Å²) in [5.74, 6) is 0.832. The van der Waals surface area contributed by atoms with Gasteiger partial charge in [-0.25, -0.2) is 0 Å². The maximum Gasteiger partial charge on any atom is 0.157 e. The lowest BCUT2D eigenvalue weighted by Gasteiger charge is -2.46. The maximum atomic E-state index is 10.5. The lowest BCUT2D eigenvalue weighted by Crippen LogP contribution is -2.48. The van der Waals surface area contributed by atoms with E-state index in [0.717, 1.165) is 37.1 Å². The van der Waals surface area contributed by atoms with Crippen LogP contribution >= 0.6 is 0 Å². The van der Waals surface area contributed by atoms with Gasteiger partial charge in [0.2, 0.25) is 0 Å². The molecule has 116 valence electrons. The standard InChI is InChI=1S/C17H25NO3/c1-10(2)5-12-9-18-4-3-11-6-16(20)17(21)7-13(11)14(18)8-15(12)19/h6-7,10,12,14-15,19-21H,3-5,8-9H2,1-2H3/t12-,14?,15+/m0/s1. The molecule has 2 heterocycles. The van der Waals surface area contributed by atoms with Crippen LogP contribution < -0.4 is 0 Å². The van der Waals surface area contributed by atoms with Crippen LogP contribution in [0, 0.1) is 11.8 Å². The molecule has 21 heavy (non-hydrogen) atoms. The fourth-order valence-corrected chi connectivity index (χ4v) is 3.96. The summed E-state index contributed by atoms with van der Waals surface area (Å²) >= 11 is 0. The van der Waals surface area contributed by atoms with E-state index >= 15 is 0 Å². The molecule has 3 rings (SSSR count). The van der Waals surface area contributed by atoms with Crippen molar-refractivity contribution in [3.63, 3.8) is 0 Å². The minimum absolute atomic E-state index is 0.0451. The fourth-order valence-electron chi connectivity index (χ4n) is 3.96. The number of phenolic OH excluding ortho intramolecular Hbond substituents is 2. The van der Waals surface area contributed by atoms with Crippen molar-refractivity contribution in [2.24, 2.45) is 11.8 Å². The molecule has 0 aromatic heterocycles. The summed E-state index contributed by atoms with van der Waals surface area (Å²) in [5, 5.41) is 29.9. The molecule has 0 spiro atoms. The Kier molecular flexibility index (Phi) is 3.84. The van der Waals surface area contributed by atoms with Gasteiger partial charge in [0.15, 0.2) is 11.5 Å². The Hall–Kier alpha value is -1.26. The number of hydrogen-bond donors (Lipinski definition) is 3. The number of aliphatic hydroxyl groups excluding tert-OH is 1. The highest BCUT2D eigenvalue weighted by Gasteiger charge is 2.38. The summed E-state index contributed by atoms with van der Waals surface area (Å²) in [6.07, 6.45) is 2.38. The molecule has 0 radical (unpaired) electrons. The molecule has 2 aliphatic heterocycles. The van der Waals surface area contributed by atoms with Crippen LogP contribution in [0.1, 0.15) is 43.9 Å². The summed E-state index contributed by atoms with van der Waals surface area (Å²) < 4.78 is 0. The molecule has 0 amide bonds. The molecular formula is C17H25NO3. The van der Waals surface area contributed by atoms with Crippen molar-refractivity contribution >= 4 is 0 Å². The minimum atomic E-state index is -0.282. The lowest BCUT2D eigenvalue weighted by molar-refractivity contribution is -0.0191. The predicted molar refractivity (Wildman–Crippen MR) is 81.4 cm³/mol. The third kappa shape index (κ3) is 2.74. The van der Waals surface area contributed by atoms with Crippen molar-refractivity contribution in [3.8, 4) is 11.5 Å². The van der Waals surface area contributed by atoms with Crippen LogP contribution in [-0.4, -0.2) is 39.4 Å². The molecule has 0 aliphatic carbocycles. The zero-order valence-corrected chi connectivity index (χ0v) is 12.8. The third-order valence-electron chi connectivity index (χ3n) is 4.96. The zero-order chi connectivity index (χ0) is 15.1. The van der Waals surface area contributed by atoms with Gasteiger partial charge >= 0.3 is 0 Å². The molecule has 1 saturated heterocycles. The highest BCUT2D eigenvalue weighted by atomic mass is 16.3. The second-order valence-corrected chi connectivity index (χ2v) is 6.99. The van der Waals surface area contributed by atoms with Gasteiger partial charge in [-0.1, -0.05) is 13.8 Å². The molecule has 1 aromatic rings. The Balaban J connectivity index is 1.85. The molecule has 1 fully saturated rings. The van der Waals surface area contributed by atoms with Crippen LogP contribution in [0.25, 0.3) is 0 Å². The summed E-state index contributed by atoms with van der Waals surface area (Å²) in [6, 6.07) is 3.52. The van der Waals surface area contributed by atoms with Crippen LogP contribution in [0.5, 0.6) is 11.5 Å². The van der Waals surface area contributed by atoms with E-state index in [9.17, 15) is 15.3 Å². The SMILES string of the molecule is CC(C)C[C@H]1CN2CCc3cc(O)c(O)cc3C2C[C@H]1O. The summed E-state index contributed by atoms with van der Waals surface area (Å²) in [5.41, 5.74) is 2.17. The number of phenols is 2. The molecule has 1 aromatic carbocycles. The molecule has 3 atom stereocenters. The smallest absolute Gasteiger partial charge is 0.157 e. The van der Waals surface area contributed by atoms with Crippen LogP contribution in [0.4, 0.5) is 0 Å². The molecule has 3 N–H and O–H groups in total. The number of piperidine rings is 1. The van der Waals surface area contributed by atoms with Crippen LogP contribution in [0.3, 0.4) is 0 Å². The van der Waals surface area contributed by atoms with Crippen molar-refractivity contribution in [1.29, 1.82) is 0 Å². The van der Waals surface area contributed by atoms with E-state index in [0.29, 0.717) is 18.3 Å². The van der Waals surface area contributed by atoms with Crippen LogP contribution in [0.2, 0.25) is 0 Å². The predicted octanol–water partition coefficient (Wildman–Crippen LogP) is 2.42. The van der Waals surface area contributed by atoms with E-state index in [-0.39, 0.29) is 23.6 Å². The first-order valence-corrected chi connectivity index (χ1v) is 7.92. The number of nitrogens with zero attached hydrogens (tertiary/aromatic N) is 1. The number of benzene rings is 1. The second kappa shape index (κ2) is 5.50. The Morgan fingerprint density at radius 2 is 1.95 bits per heavy atom. The number of rotatable bonds is 2. The van der Waals surface area contributed by atoms with E-state index in [1.165, 1.54) is 0 Å². The summed E-state index contributed by atoms with van der Waals surface area (Å²) in [4.78, 5) is 2.43. The Bertz CT molecular complexity index is 529. The number of fused-ring (bicyclic) bond motifs is 3. The summed E-state index contributed by atoms with van der Waals surface area (Å²) in [6.45, 7) is 6.28. The van der Waals surface area contributed by atoms with E-state index in [1.807, 2.05) is 0 Å². The van der Waals surface area contributed by atoms with Gasteiger partial charge in [-0.05, 0) is 54.4 Å². The highest BCUT2D eigenvalue weighted by molar-refractivity contribution is 5.48. The first kappa shape index (κ1) is 14.7. The zero-order valence-electron chi connectivity index (χ0n) is 12.8. The van der Waals surface area contributed by atoms with Gasteiger partial charge in [0.05, 0.1) is 6.10 Å². The van der Waals surface area contributed by atoms with Gasteiger partial charge in [0, 0.05) is 19.1 Å². The van der Waals surface area contributed by atoms with Crippen LogP contribution in [0.15, 0.2) is 12.1 Å². The molecule has 0 saturated carbocycles. The van der Waals surface area contributed by atoms with E-state index in [2.05, 4.69) is 18.7 Å². The van der Waals surface area contributed by atoms with E-state index in [4.69, 9.17) is 0 Å². The van der Waals surface area contributed by atoms with Gasteiger partial charge in [-0.3, -0.25) is 4.90 Å². The Labute approximate surface area is 126 Å². The largest absolute Gasteiger partial charge is 0.504 e. The monoisotopic (exact) mass is 291 g/mol. The van der Waals surface area contributed by atoms with Gasteiger partial charge in [-0.15, -0.1) is 0 Å².